The maximum atomic E-state index is 12.0. The molecule has 0 spiro atoms. The Hall–Kier alpha value is -1.27. The maximum absolute atomic E-state index is 12.0. The van der Waals surface area contributed by atoms with Crippen LogP contribution < -0.4 is 14.8 Å². The van der Waals surface area contributed by atoms with Crippen molar-refractivity contribution in [2.45, 2.75) is 24.6 Å². The number of hydrogen-bond acceptors (Lipinski definition) is 5. The summed E-state index contributed by atoms with van der Waals surface area (Å²) in [5.74, 6) is 1.26. The van der Waals surface area contributed by atoms with Gasteiger partial charge in [0.25, 0.3) is 0 Å². The highest BCUT2D eigenvalue weighted by Crippen LogP contribution is 2.35. The first-order chi connectivity index (χ1) is 9.17. The Balaban J connectivity index is 3.39. The van der Waals surface area contributed by atoms with E-state index in [9.17, 15) is 8.42 Å². The van der Waals surface area contributed by atoms with Crippen LogP contribution in [0.1, 0.15) is 25.5 Å². The molecule has 20 heavy (non-hydrogen) atoms. The fourth-order valence-electron chi connectivity index (χ4n) is 2.13. The van der Waals surface area contributed by atoms with Crippen LogP contribution in [0.15, 0.2) is 18.2 Å². The predicted molar refractivity (Wildman–Crippen MR) is 80.3 cm³/mol. The molecule has 0 aliphatic carbocycles. The third kappa shape index (κ3) is 3.24. The lowest BCUT2D eigenvalue weighted by atomic mass is 9.95. The van der Waals surface area contributed by atoms with Crippen LogP contribution in [0.2, 0.25) is 0 Å². The van der Waals surface area contributed by atoms with Gasteiger partial charge in [-0.25, -0.2) is 8.42 Å². The molecule has 0 fully saturated rings. The minimum absolute atomic E-state index is 0.374. The van der Waals surface area contributed by atoms with Crippen LogP contribution in [0.4, 0.5) is 0 Å². The number of rotatable bonds is 6. The van der Waals surface area contributed by atoms with Crippen LogP contribution in [0, 0.1) is 0 Å². The molecule has 1 rings (SSSR count). The van der Waals surface area contributed by atoms with E-state index in [0.717, 1.165) is 5.56 Å². The fourth-order valence-corrected chi connectivity index (χ4v) is 2.81. The topological polar surface area (TPSA) is 64.6 Å². The van der Waals surface area contributed by atoms with Crippen LogP contribution in [0.3, 0.4) is 0 Å². The second-order valence-electron chi connectivity index (χ2n) is 5.24. The summed E-state index contributed by atoms with van der Waals surface area (Å²) in [6, 6.07) is 5.01. The highest BCUT2D eigenvalue weighted by Gasteiger charge is 2.39. The average molecular weight is 301 g/mol. The summed E-state index contributed by atoms with van der Waals surface area (Å²) >= 11 is 0. The van der Waals surface area contributed by atoms with Crippen molar-refractivity contribution in [2.75, 3.05) is 27.5 Å². The van der Waals surface area contributed by atoms with Gasteiger partial charge in [0, 0.05) is 12.3 Å². The smallest absolute Gasteiger partial charge is 0.154 e. The monoisotopic (exact) mass is 301 g/mol. The molecule has 0 amide bonds. The van der Waals surface area contributed by atoms with Gasteiger partial charge < -0.3 is 14.8 Å². The summed E-state index contributed by atoms with van der Waals surface area (Å²) in [7, 11) is 1.62. The third-order valence-corrected chi connectivity index (χ3v) is 5.79. The average Bonchev–Trinajstić information content (AvgIpc) is 2.37. The molecule has 0 bridgehead atoms. The van der Waals surface area contributed by atoms with Crippen LogP contribution >= 0.6 is 0 Å². The minimum atomic E-state index is -3.25. The number of sulfone groups is 1. The van der Waals surface area contributed by atoms with Gasteiger partial charge in [-0.3, -0.25) is 0 Å². The molecule has 1 aromatic rings. The van der Waals surface area contributed by atoms with Crippen molar-refractivity contribution >= 4 is 9.84 Å². The van der Waals surface area contributed by atoms with E-state index in [2.05, 4.69) is 5.32 Å². The van der Waals surface area contributed by atoms with E-state index in [1.54, 1.807) is 41.2 Å². The molecule has 1 atom stereocenters. The fraction of sp³-hybridized carbons (Fsp3) is 0.571. The van der Waals surface area contributed by atoms with E-state index in [1.165, 1.54) is 6.26 Å². The first-order valence-electron chi connectivity index (χ1n) is 6.27. The molecular weight excluding hydrogens is 278 g/mol. The molecular formula is C14H23NO4S. The first kappa shape index (κ1) is 16.8. The summed E-state index contributed by atoms with van der Waals surface area (Å²) in [6.07, 6.45) is 1.24. The Morgan fingerprint density at radius 1 is 1.10 bits per heavy atom. The lowest BCUT2D eigenvalue weighted by Crippen LogP contribution is -2.43. The number of nitrogens with one attached hydrogen (secondary N) is 1. The standard InChI is InChI=1S/C14H23NO4S/c1-14(2,20(6,16)17)13(15-3)10-7-11(18-4)9-12(8-10)19-5/h7-9,13,15H,1-6H3. The number of benzene rings is 1. The predicted octanol–water partition coefficient (Wildman–Crippen LogP) is 1.79. The molecule has 5 nitrogen and oxygen atoms in total. The number of ether oxygens (including phenoxy) is 2. The summed E-state index contributed by atoms with van der Waals surface area (Å²) in [4.78, 5) is 0. The molecule has 1 unspecified atom stereocenters. The van der Waals surface area contributed by atoms with Crippen LogP contribution in [-0.4, -0.2) is 40.7 Å². The summed E-state index contributed by atoms with van der Waals surface area (Å²) < 4.78 is 33.6. The Kier molecular flexibility index (Phi) is 5.05. The highest BCUT2D eigenvalue weighted by atomic mass is 32.2. The van der Waals surface area contributed by atoms with Crippen molar-refractivity contribution in [1.29, 1.82) is 0 Å². The molecule has 0 aliphatic rings. The molecule has 0 saturated heterocycles. The summed E-state index contributed by atoms with van der Waals surface area (Å²) in [5, 5.41) is 3.08. The van der Waals surface area contributed by atoms with Gasteiger partial charge >= 0.3 is 0 Å². The normalized spacial score (nSPS) is 13.9. The van der Waals surface area contributed by atoms with Gasteiger partial charge in [0.1, 0.15) is 11.5 Å². The largest absolute Gasteiger partial charge is 0.497 e. The van der Waals surface area contributed by atoms with Crippen LogP contribution in [0.25, 0.3) is 0 Å². The number of methoxy groups -OCH3 is 2. The Labute approximate surface area is 121 Å². The van der Waals surface area contributed by atoms with Gasteiger partial charge in [-0.2, -0.15) is 0 Å². The Morgan fingerprint density at radius 2 is 1.55 bits per heavy atom. The molecule has 0 heterocycles. The zero-order valence-corrected chi connectivity index (χ0v) is 13.7. The molecule has 114 valence electrons. The van der Waals surface area contributed by atoms with E-state index >= 15 is 0 Å². The van der Waals surface area contributed by atoms with Gasteiger partial charge in [0.2, 0.25) is 0 Å². The van der Waals surface area contributed by atoms with Gasteiger partial charge in [-0.15, -0.1) is 0 Å². The lowest BCUT2D eigenvalue weighted by molar-refractivity contribution is 0.388. The summed E-state index contributed by atoms with van der Waals surface area (Å²) in [5.41, 5.74) is 0.805. The van der Waals surface area contributed by atoms with Gasteiger partial charge in [-0.1, -0.05) is 0 Å². The zero-order chi connectivity index (χ0) is 15.6. The highest BCUT2D eigenvalue weighted by molar-refractivity contribution is 7.92. The molecule has 0 aromatic heterocycles. The van der Waals surface area contributed by atoms with Crippen molar-refractivity contribution in [3.05, 3.63) is 23.8 Å². The van der Waals surface area contributed by atoms with Gasteiger partial charge in [0.15, 0.2) is 9.84 Å². The molecule has 0 aliphatic heterocycles. The second-order valence-corrected chi connectivity index (χ2v) is 7.84. The van der Waals surface area contributed by atoms with Crippen LogP contribution in [-0.2, 0) is 9.84 Å². The van der Waals surface area contributed by atoms with Crippen molar-refractivity contribution in [1.82, 2.24) is 5.32 Å². The third-order valence-electron chi connectivity index (χ3n) is 3.65. The Morgan fingerprint density at radius 3 is 1.85 bits per heavy atom. The minimum Gasteiger partial charge on any atom is -0.497 e. The van der Waals surface area contributed by atoms with Crippen molar-refractivity contribution < 1.29 is 17.9 Å². The van der Waals surface area contributed by atoms with Crippen LogP contribution in [0.5, 0.6) is 11.5 Å². The molecule has 0 saturated carbocycles. The molecule has 6 heteroatoms. The maximum Gasteiger partial charge on any atom is 0.154 e. The van der Waals surface area contributed by atoms with Gasteiger partial charge in [0.05, 0.1) is 25.0 Å². The van der Waals surface area contributed by atoms with Crippen molar-refractivity contribution in [3.63, 3.8) is 0 Å². The van der Waals surface area contributed by atoms with E-state index in [0.29, 0.717) is 11.5 Å². The number of hydrogen-bond donors (Lipinski definition) is 1. The first-order valence-corrected chi connectivity index (χ1v) is 8.16. The van der Waals surface area contributed by atoms with E-state index < -0.39 is 14.6 Å². The quantitative estimate of drug-likeness (QED) is 0.868. The molecule has 0 radical (unpaired) electrons. The Bertz CT molecular complexity index is 544. The van der Waals surface area contributed by atoms with E-state index in [4.69, 9.17) is 9.47 Å². The second kappa shape index (κ2) is 6.01. The van der Waals surface area contributed by atoms with E-state index in [1.807, 2.05) is 12.1 Å². The molecule has 1 N–H and O–H groups in total. The lowest BCUT2D eigenvalue weighted by Gasteiger charge is -2.33. The van der Waals surface area contributed by atoms with Gasteiger partial charge in [-0.05, 0) is 38.6 Å². The van der Waals surface area contributed by atoms with E-state index in [-0.39, 0.29) is 6.04 Å². The summed E-state index contributed by atoms with van der Waals surface area (Å²) in [6.45, 7) is 3.41. The SMILES string of the molecule is CNC(c1cc(OC)cc(OC)c1)C(C)(C)S(C)(=O)=O. The van der Waals surface area contributed by atoms with Crippen molar-refractivity contribution in [2.24, 2.45) is 0 Å². The zero-order valence-electron chi connectivity index (χ0n) is 12.9. The molecule has 1 aromatic carbocycles. The van der Waals surface area contributed by atoms with Crippen molar-refractivity contribution in [3.8, 4) is 11.5 Å².